The number of hydrogen-bond donors (Lipinski definition) is 2. The van der Waals surface area contributed by atoms with Gasteiger partial charge in [-0.3, -0.25) is 0 Å². The van der Waals surface area contributed by atoms with E-state index >= 15 is 0 Å². The minimum atomic E-state index is 0.102. The number of rotatable bonds is 4. The first-order valence-electron chi connectivity index (χ1n) is 6.25. The summed E-state index contributed by atoms with van der Waals surface area (Å²) in [4.78, 5) is 0.412. The molecule has 3 nitrogen and oxygen atoms in total. The molecule has 1 fully saturated rings. The van der Waals surface area contributed by atoms with Gasteiger partial charge < -0.3 is 15.8 Å². The summed E-state index contributed by atoms with van der Waals surface area (Å²) < 4.78 is 6.48. The molecule has 0 aromatic heterocycles. The highest BCUT2D eigenvalue weighted by Crippen LogP contribution is 2.44. The fourth-order valence-corrected chi connectivity index (χ4v) is 3.11. The molecule has 1 aliphatic rings. The Morgan fingerprint density at radius 2 is 2.21 bits per heavy atom. The highest BCUT2D eigenvalue weighted by molar-refractivity contribution is 9.10. The largest absolute Gasteiger partial charge is 0.389 e. The van der Waals surface area contributed by atoms with Crippen LogP contribution in [0.3, 0.4) is 0 Å². The Labute approximate surface area is 128 Å². The Morgan fingerprint density at radius 1 is 1.53 bits per heavy atom. The van der Waals surface area contributed by atoms with Crippen LogP contribution in [0.2, 0.25) is 0 Å². The van der Waals surface area contributed by atoms with Crippen molar-refractivity contribution in [3.8, 4) is 0 Å². The maximum atomic E-state index is 5.77. The monoisotopic (exact) mass is 342 g/mol. The second-order valence-electron chi connectivity index (χ2n) is 5.53. The molecule has 1 saturated carbocycles. The quantitative estimate of drug-likeness (QED) is 0.824. The van der Waals surface area contributed by atoms with Gasteiger partial charge in [-0.05, 0) is 24.6 Å². The van der Waals surface area contributed by atoms with Gasteiger partial charge in [0.1, 0.15) is 4.99 Å². The lowest BCUT2D eigenvalue weighted by Gasteiger charge is -2.51. The molecular weight excluding hydrogens is 324 g/mol. The average molecular weight is 343 g/mol. The Bertz CT molecular complexity index is 504. The van der Waals surface area contributed by atoms with Crippen molar-refractivity contribution in [3.63, 3.8) is 0 Å². The maximum Gasteiger partial charge on any atom is 0.106 e. The summed E-state index contributed by atoms with van der Waals surface area (Å²) in [5, 5.41) is 3.55. The highest BCUT2D eigenvalue weighted by Gasteiger charge is 2.48. The highest BCUT2D eigenvalue weighted by atomic mass is 79.9. The lowest BCUT2D eigenvalue weighted by atomic mass is 9.64. The first-order valence-corrected chi connectivity index (χ1v) is 7.45. The first-order chi connectivity index (χ1) is 8.86. The van der Waals surface area contributed by atoms with Crippen LogP contribution in [0.5, 0.6) is 0 Å². The van der Waals surface area contributed by atoms with Crippen molar-refractivity contribution in [2.24, 2.45) is 11.1 Å². The van der Waals surface area contributed by atoms with Crippen molar-refractivity contribution in [1.29, 1.82) is 0 Å². The van der Waals surface area contributed by atoms with Crippen LogP contribution in [0.1, 0.15) is 25.8 Å². The van der Waals surface area contributed by atoms with Crippen molar-refractivity contribution in [2.75, 3.05) is 12.4 Å². The predicted molar refractivity (Wildman–Crippen MR) is 86.6 cm³/mol. The summed E-state index contributed by atoms with van der Waals surface area (Å²) in [5.74, 6) is 0. The molecule has 0 bridgehead atoms. The number of anilines is 1. The minimum Gasteiger partial charge on any atom is -0.389 e. The molecule has 1 aliphatic carbocycles. The molecule has 1 aromatic rings. The minimum absolute atomic E-state index is 0.102. The Kier molecular flexibility index (Phi) is 4.18. The second kappa shape index (κ2) is 5.38. The van der Waals surface area contributed by atoms with Gasteiger partial charge in [0.25, 0.3) is 0 Å². The fourth-order valence-electron chi connectivity index (χ4n) is 2.57. The fraction of sp³-hybridized carbons (Fsp3) is 0.500. The molecule has 1 aromatic carbocycles. The van der Waals surface area contributed by atoms with E-state index in [4.69, 9.17) is 22.7 Å². The molecule has 104 valence electrons. The molecular formula is C14H19BrN2OS. The molecule has 2 atom stereocenters. The number of halogens is 1. The number of thiocarbonyl (C=S) groups is 1. The van der Waals surface area contributed by atoms with Gasteiger partial charge in [-0.2, -0.15) is 0 Å². The lowest BCUT2D eigenvalue weighted by Crippen LogP contribution is -2.57. The number of benzene rings is 1. The van der Waals surface area contributed by atoms with Gasteiger partial charge in [-0.15, -0.1) is 0 Å². The first kappa shape index (κ1) is 14.8. The summed E-state index contributed by atoms with van der Waals surface area (Å²) in [6.07, 6.45) is 1.29. The van der Waals surface area contributed by atoms with Gasteiger partial charge in [0.2, 0.25) is 0 Å². The van der Waals surface area contributed by atoms with E-state index in [0.717, 1.165) is 22.1 Å². The maximum absolute atomic E-state index is 5.77. The molecule has 2 rings (SSSR count). The zero-order valence-electron chi connectivity index (χ0n) is 11.4. The van der Waals surface area contributed by atoms with Crippen molar-refractivity contribution in [1.82, 2.24) is 0 Å². The van der Waals surface area contributed by atoms with Gasteiger partial charge >= 0.3 is 0 Å². The van der Waals surface area contributed by atoms with Gasteiger partial charge in [0.05, 0.1) is 6.10 Å². The van der Waals surface area contributed by atoms with E-state index in [2.05, 4.69) is 35.1 Å². The third-order valence-electron chi connectivity index (χ3n) is 4.04. The smallest absolute Gasteiger partial charge is 0.106 e. The molecule has 0 heterocycles. The summed E-state index contributed by atoms with van der Waals surface area (Å²) >= 11 is 8.58. The van der Waals surface area contributed by atoms with E-state index in [1.807, 2.05) is 18.2 Å². The van der Waals surface area contributed by atoms with Crippen LogP contribution in [0.15, 0.2) is 22.7 Å². The average Bonchev–Trinajstić information content (AvgIpc) is 2.33. The molecule has 2 unspecified atom stereocenters. The number of nitrogens with two attached hydrogens (primary N) is 1. The van der Waals surface area contributed by atoms with Gasteiger partial charge in [-0.1, -0.05) is 42.0 Å². The number of hydrogen-bond acceptors (Lipinski definition) is 3. The normalized spacial score (nSPS) is 24.6. The van der Waals surface area contributed by atoms with Crippen molar-refractivity contribution in [3.05, 3.63) is 28.2 Å². The SMILES string of the molecule is COC1CC(Nc2cc(Br)ccc2C(N)=S)C1(C)C. The second-order valence-corrected chi connectivity index (χ2v) is 6.89. The van der Waals surface area contributed by atoms with Crippen LogP contribution in [-0.4, -0.2) is 24.2 Å². The van der Waals surface area contributed by atoms with E-state index in [-0.39, 0.29) is 5.41 Å². The van der Waals surface area contributed by atoms with Crippen molar-refractivity contribution in [2.45, 2.75) is 32.4 Å². The lowest BCUT2D eigenvalue weighted by molar-refractivity contribution is -0.0794. The molecule has 0 saturated heterocycles. The third kappa shape index (κ3) is 2.78. The van der Waals surface area contributed by atoms with E-state index in [1.54, 1.807) is 7.11 Å². The van der Waals surface area contributed by atoms with Crippen LogP contribution in [-0.2, 0) is 4.74 Å². The molecule has 19 heavy (non-hydrogen) atoms. The number of methoxy groups -OCH3 is 1. The van der Waals surface area contributed by atoms with Gasteiger partial charge in [0.15, 0.2) is 0 Å². The summed E-state index contributed by atoms with van der Waals surface area (Å²) in [6, 6.07) is 6.27. The van der Waals surface area contributed by atoms with E-state index < -0.39 is 0 Å². The molecule has 0 spiro atoms. The van der Waals surface area contributed by atoms with E-state index in [1.165, 1.54) is 0 Å². The van der Waals surface area contributed by atoms with Crippen molar-refractivity contribution >= 4 is 38.8 Å². The van der Waals surface area contributed by atoms with Crippen LogP contribution < -0.4 is 11.1 Å². The zero-order chi connectivity index (χ0) is 14.2. The summed E-state index contributed by atoms with van der Waals surface area (Å²) in [5.41, 5.74) is 7.74. The van der Waals surface area contributed by atoms with Gasteiger partial charge in [0, 0.05) is 34.3 Å². The Balaban J connectivity index is 2.21. The Hall–Kier alpha value is -0.650. The topological polar surface area (TPSA) is 47.3 Å². The predicted octanol–water partition coefficient (Wildman–Crippen LogP) is 3.31. The van der Waals surface area contributed by atoms with Crippen molar-refractivity contribution < 1.29 is 4.74 Å². The molecule has 0 amide bonds. The molecule has 3 N–H and O–H groups in total. The zero-order valence-corrected chi connectivity index (χ0v) is 13.8. The third-order valence-corrected chi connectivity index (χ3v) is 4.75. The molecule has 0 radical (unpaired) electrons. The number of ether oxygens (including phenoxy) is 1. The van der Waals surface area contributed by atoms with Gasteiger partial charge in [-0.25, -0.2) is 0 Å². The van der Waals surface area contributed by atoms with Crippen LogP contribution >= 0.6 is 28.1 Å². The van der Waals surface area contributed by atoms with Crippen LogP contribution in [0.4, 0.5) is 5.69 Å². The Morgan fingerprint density at radius 3 is 2.74 bits per heavy atom. The summed E-state index contributed by atoms with van der Waals surface area (Å²) in [7, 11) is 1.77. The van der Waals surface area contributed by atoms with Crippen LogP contribution in [0.25, 0.3) is 0 Å². The molecule has 5 heteroatoms. The van der Waals surface area contributed by atoms with Crippen LogP contribution in [0, 0.1) is 5.41 Å². The standard InChI is InChI=1S/C14H19BrN2OS/c1-14(2)11(7-12(14)18-3)17-10-6-8(15)4-5-9(10)13(16)19/h4-6,11-12,17H,7H2,1-3H3,(H2,16,19). The van der Waals surface area contributed by atoms with E-state index in [0.29, 0.717) is 17.1 Å². The van der Waals surface area contributed by atoms with E-state index in [9.17, 15) is 0 Å². The summed E-state index contributed by atoms with van der Waals surface area (Å²) in [6.45, 7) is 4.42. The molecule has 0 aliphatic heterocycles. The number of nitrogens with one attached hydrogen (secondary N) is 1.